The zero-order valence-electron chi connectivity index (χ0n) is 22.6. The Labute approximate surface area is 230 Å². The molecule has 1 aromatic rings. The minimum absolute atomic E-state index is 0.0930. The van der Waals surface area contributed by atoms with E-state index in [0.29, 0.717) is 66.8 Å². The van der Waals surface area contributed by atoms with Gasteiger partial charge in [-0.25, -0.2) is 0 Å². The van der Waals surface area contributed by atoms with Crippen LogP contribution in [0.4, 0.5) is 0 Å². The maximum atomic E-state index is 13.6. The SMILES string of the molecule is C[C@H](CC(=O)NC(c1ccc(Cl)s1)C1CC1)C1CC[C@H]2[C@@H]3C(=O)C[C@@H]4CC(=O)CC[C@]4(C)[C@H]3CC[C@]12C. The standard InChI is InChI=1S/C31H42ClNO3S/c1-17(14-27(36)33-29(18-4-5-18)25-8-9-26(32)37-25)21-6-7-22-28-23(11-13-31(21,22)3)30(2)12-10-20(34)15-19(30)16-24(28)35/h8-9,17-19,21-23,28-29H,4-7,10-16H2,1-3H3,(H,33,36)/t17-,19+,21?,22+,23+,28+,29?,30+,31-/m1/s1. The molecule has 0 aromatic carbocycles. The Balaban J connectivity index is 1.15. The van der Waals surface area contributed by atoms with Crippen LogP contribution >= 0.6 is 22.9 Å². The minimum atomic E-state index is 0.0930. The van der Waals surface area contributed by atoms with Gasteiger partial charge in [-0.1, -0.05) is 32.4 Å². The van der Waals surface area contributed by atoms with Gasteiger partial charge in [0.25, 0.3) is 0 Å². The smallest absolute Gasteiger partial charge is 0.220 e. The summed E-state index contributed by atoms with van der Waals surface area (Å²) in [4.78, 5) is 40.3. The third-order valence-electron chi connectivity index (χ3n) is 11.9. The molecule has 5 aliphatic carbocycles. The van der Waals surface area contributed by atoms with Crippen LogP contribution in [-0.2, 0) is 14.4 Å². The van der Waals surface area contributed by atoms with Gasteiger partial charge >= 0.3 is 0 Å². The number of hydrogen-bond acceptors (Lipinski definition) is 4. The number of fused-ring (bicyclic) bond motifs is 5. The molecule has 6 heteroatoms. The monoisotopic (exact) mass is 543 g/mol. The first-order chi connectivity index (χ1) is 17.6. The number of ketones is 2. The first-order valence-corrected chi connectivity index (χ1v) is 15.9. The van der Waals surface area contributed by atoms with Crippen molar-refractivity contribution in [3.8, 4) is 0 Å². The maximum absolute atomic E-state index is 13.6. The molecule has 202 valence electrons. The van der Waals surface area contributed by atoms with Gasteiger partial charge in [-0.05, 0) is 103 Å². The minimum Gasteiger partial charge on any atom is -0.348 e. The van der Waals surface area contributed by atoms with Crippen LogP contribution in [0.15, 0.2) is 12.1 Å². The van der Waals surface area contributed by atoms with Crippen molar-refractivity contribution in [2.24, 2.45) is 52.3 Å². The van der Waals surface area contributed by atoms with Gasteiger partial charge in [0.05, 0.1) is 10.4 Å². The van der Waals surface area contributed by atoms with Crippen molar-refractivity contribution in [1.29, 1.82) is 0 Å². The van der Waals surface area contributed by atoms with Crippen LogP contribution < -0.4 is 5.32 Å². The molecule has 0 spiro atoms. The van der Waals surface area contributed by atoms with Gasteiger partial charge in [-0.2, -0.15) is 0 Å². The van der Waals surface area contributed by atoms with E-state index in [4.69, 9.17) is 11.6 Å². The number of thiophene rings is 1. The largest absolute Gasteiger partial charge is 0.348 e. The molecule has 1 amide bonds. The van der Waals surface area contributed by atoms with Gasteiger partial charge < -0.3 is 5.32 Å². The third-order valence-corrected chi connectivity index (χ3v) is 13.2. The highest BCUT2D eigenvalue weighted by Crippen LogP contribution is 2.67. The molecule has 2 unspecified atom stereocenters. The van der Waals surface area contributed by atoms with E-state index in [1.54, 1.807) is 11.3 Å². The van der Waals surface area contributed by atoms with Crippen molar-refractivity contribution in [3.05, 3.63) is 21.3 Å². The molecule has 1 heterocycles. The zero-order valence-corrected chi connectivity index (χ0v) is 24.1. The summed E-state index contributed by atoms with van der Waals surface area (Å²) in [6, 6.07) is 4.09. The summed E-state index contributed by atoms with van der Waals surface area (Å²) in [6.07, 6.45) is 10.3. The molecular weight excluding hydrogens is 502 g/mol. The quantitative estimate of drug-likeness (QED) is 0.406. The Bertz CT molecular complexity index is 1100. The van der Waals surface area contributed by atoms with E-state index < -0.39 is 0 Å². The molecule has 5 aliphatic rings. The van der Waals surface area contributed by atoms with Gasteiger partial charge in [0, 0.05) is 36.5 Å². The second-order valence-electron chi connectivity index (χ2n) is 13.8. The lowest BCUT2D eigenvalue weighted by atomic mass is 9.44. The first-order valence-electron chi connectivity index (χ1n) is 14.7. The van der Waals surface area contributed by atoms with Crippen molar-refractivity contribution in [3.63, 3.8) is 0 Å². The second kappa shape index (κ2) is 9.47. The summed E-state index contributed by atoms with van der Waals surface area (Å²) < 4.78 is 0.779. The maximum Gasteiger partial charge on any atom is 0.220 e. The predicted molar refractivity (Wildman–Crippen MR) is 147 cm³/mol. The third kappa shape index (κ3) is 4.44. The summed E-state index contributed by atoms with van der Waals surface area (Å²) in [7, 11) is 0. The Morgan fingerprint density at radius 3 is 2.51 bits per heavy atom. The molecule has 0 saturated heterocycles. The fourth-order valence-corrected chi connectivity index (χ4v) is 10.9. The molecule has 1 N–H and O–H groups in total. The number of nitrogens with one attached hydrogen (secondary N) is 1. The second-order valence-corrected chi connectivity index (χ2v) is 15.5. The van der Waals surface area contributed by atoms with Crippen LogP contribution in [0.5, 0.6) is 0 Å². The van der Waals surface area contributed by atoms with E-state index in [1.807, 2.05) is 6.07 Å². The van der Waals surface area contributed by atoms with E-state index in [1.165, 1.54) is 17.7 Å². The van der Waals surface area contributed by atoms with E-state index in [9.17, 15) is 14.4 Å². The number of halogens is 1. The average Bonchev–Trinajstić information content (AvgIpc) is 3.49. The summed E-state index contributed by atoms with van der Waals surface area (Å²) >= 11 is 7.78. The van der Waals surface area contributed by atoms with E-state index in [2.05, 4.69) is 32.2 Å². The number of carbonyl (C=O) groups excluding carboxylic acids is 3. The van der Waals surface area contributed by atoms with Crippen LogP contribution in [0.1, 0.15) is 102 Å². The van der Waals surface area contributed by atoms with Crippen molar-refractivity contribution in [2.45, 2.75) is 97.4 Å². The molecule has 0 bridgehead atoms. The van der Waals surface area contributed by atoms with Gasteiger partial charge in [-0.3, -0.25) is 14.4 Å². The van der Waals surface area contributed by atoms with Crippen molar-refractivity contribution < 1.29 is 14.4 Å². The predicted octanol–water partition coefficient (Wildman–Crippen LogP) is 7.40. The van der Waals surface area contributed by atoms with Gasteiger partial charge in [0.1, 0.15) is 11.6 Å². The lowest BCUT2D eigenvalue weighted by Gasteiger charge is -2.59. The van der Waals surface area contributed by atoms with Crippen LogP contribution in [-0.4, -0.2) is 17.5 Å². The van der Waals surface area contributed by atoms with Crippen LogP contribution in [0, 0.1) is 52.3 Å². The molecule has 0 aliphatic heterocycles. The molecule has 5 saturated carbocycles. The lowest BCUT2D eigenvalue weighted by molar-refractivity contribution is -0.159. The van der Waals surface area contributed by atoms with E-state index in [-0.39, 0.29) is 34.6 Å². The Hall–Kier alpha value is -1.20. The number of carbonyl (C=O) groups is 3. The molecule has 1 aromatic heterocycles. The number of Topliss-reactive ketones (excluding diaryl/α,β-unsaturated/α-hetero) is 2. The van der Waals surface area contributed by atoms with Gasteiger partial charge in [0.2, 0.25) is 5.91 Å². The number of amides is 1. The molecule has 37 heavy (non-hydrogen) atoms. The first kappa shape index (κ1) is 26.0. The van der Waals surface area contributed by atoms with Gasteiger partial charge in [-0.15, -0.1) is 11.3 Å². The van der Waals surface area contributed by atoms with E-state index >= 15 is 0 Å². The van der Waals surface area contributed by atoms with Crippen molar-refractivity contribution >= 4 is 40.4 Å². The Morgan fingerprint density at radius 1 is 1.05 bits per heavy atom. The number of hydrogen-bond donors (Lipinski definition) is 1. The molecule has 4 nitrogen and oxygen atoms in total. The van der Waals surface area contributed by atoms with Crippen LogP contribution in [0.2, 0.25) is 4.34 Å². The summed E-state index contributed by atoms with van der Waals surface area (Å²) in [5, 5.41) is 3.37. The molecule has 9 atom stereocenters. The summed E-state index contributed by atoms with van der Waals surface area (Å²) in [5.41, 5.74) is 0.265. The topological polar surface area (TPSA) is 63.2 Å². The van der Waals surface area contributed by atoms with Crippen LogP contribution in [0.25, 0.3) is 0 Å². The van der Waals surface area contributed by atoms with Gasteiger partial charge in [0.15, 0.2) is 0 Å². The van der Waals surface area contributed by atoms with Crippen LogP contribution in [0.3, 0.4) is 0 Å². The van der Waals surface area contributed by atoms with Crippen molar-refractivity contribution in [1.82, 2.24) is 5.32 Å². The Morgan fingerprint density at radius 2 is 1.81 bits per heavy atom. The molecule has 5 fully saturated rings. The Kier molecular flexibility index (Phi) is 6.66. The number of rotatable bonds is 6. The zero-order chi connectivity index (χ0) is 26.1. The molecule has 0 radical (unpaired) electrons. The molecular formula is C31H42ClNO3S. The summed E-state index contributed by atoms with van der Waals surface area (Å²) in [6.45, 7) is 7.10. The highest BCUT2D eigenvalue weighted by molar-refractivity contribution is 7.16. The van der Waals surface area contributed by atoms with Crippen molar-refractivity contribution in [2.75, 3.05) is 0 Å². The highest BCUT2D eigenvalue weighted by Gasteiger charge is 2.63. The molecule has 6 rings (SSSR count). The summed E-state index contributed by atoms with van der Waals surface area (Å²) in [5.74, 6) is 3.53. The van der Waals surface area contributed by atoms with E-state index in [0.717, 1.165) is 36.4 Å². The lowest BCUT2D eigenvalue weighted by Crippen LogP contribution is -2.57. The highest BCUT2D eigenvalue weighted by atomic mass is 35.5. The normalized spacial score (nSPS) is 40.9. The fourth-order valence-electron chi connectivity index (χ4n) is 9.71. The fraction of sp³-hybridized carbons (Fsp3) is 0.774. The average molecular weight is 544 g/mol.